The monoisotopic (exact) mass is 184 g/mol. The van der Waals surface area contributed by atoms with Gasteiger partial charge >= 0.3 is 5.97 Å². The molecule has 0 spiro atoms. The van der Waals surface area contributed by atoms with Gasteiger partial charge in [0.05, 0.1) is 6.61 Å². The van der Waals surface area contributed by atoms with Crippen molar-refractivity contribution in [3.05, 3.63) is 12.2 Å². The number of carbonyl (C=O) groups is 1. The van der Waals surface area contributed by atoms with E-state index in [1.54, 1.807) is 6.92 Å². The largest absolute Gasteiger partial charge is 0.464 e. The molecule has 1 N–H and O–H groups in total. The molecule has 0 amide bonds. The molecule has 0 aromatic carbocycles. The smallest absolute Gasteiger partial charge is 0.335 e. The summed E-state index contributed by atoms with van der Waals surface area (Å²) in [4.78, 5) is 11.2. The van der Waals surface area contributed by atoms with Crippen molar-refractivity contribution in [3.63, 3.8) is 0 Å². The third kappa shape index (κ3) is 2.10. The minimum Gasteiger partial charge on any atom is -0.464 e. The predicted octanol–water partition coefficient (Wildman–Crippen LogP) is 1.27. The van der Waals surface area contributed by atoms with Crippen molar-refractivity contribution in [2.75, 3.05) is 6.61 Å². The van der Waals surface area contributed by atoms with Crippen LogP contribution >= 0.6 is 0 Å². The summed E-state index contributed by atoms with van der Waals surface area (Å²) in [5, 5.41) is 9.68. The molecule has 0 aromatic heterocycles. The fourth-order valence-electron chi connectivity index (χ4n) is 1.55. The Morgan fingerprint density at radius 1 is 1.77 bits per heavy atom. The second-order valence-electron chi connectivity index (χ2n) is 3.60. The van der Waals surface area contributed by atoms with Crippen molar-refractivity contribution >= 4 is 5.97 Å². The van der Waals surface area contributed by atoms with Crippen molar-refractivity contribution in [1.82, 2.24) is 0 Å². The Morgan fingerprint density at radius 3 is 2.92 bits per heavy atom. The Labute approximate surface area is 78.4 Å². The van der Waals surface area contributed by atoms with Crippen molar-refractivity contribution in [2.45, 2.75) is 32.8 Å². The van der Waals surface area contributed by atoms with E-state index in [1.165, 1.54) is 0 Å². The van der Waals surface area contributed by atoms with Gasteiger partial charge in [0.2, 0.25) is 0 Å². The third-order valence-electron chi connectivity index (χ3n) is 2.48. The summed E-state index contributed by atoms with van der Waals surface area (Å²) in [7, 11) is 0. The maximum absolute atomic E-state index is 11.2. The van der Waals surface area contributed by atoms with E-state index in [-0.39, 0.29) is 0 Å². The molecule has 0 heterocycles. The van der Waals surface area contributed by atoms with Crippen LogP contribution in [0.1, 0.15) is 26.7 Å². The van der Waals surface area contributed by atoms with E-state index in [0.717, 1.165) is 12.8 Å². The molecule has 3 nitrogen and oxygen atoms in total. The highest BCUT2D eigenvalue weighted by Crippen LogP contribution is 2.35. The van der Waals surface area contributed by atoms with Crippen LogP contribution in [0.15, 0.2) is 12.2 Å². The van der Waals surface area contributed by atoms with Crippen LogP contribution in [-0.2, 0) is 9.53 Å². The highest BCUT2D eigenvalue weighted by molar-refractivity contribution is 5.76. The molecule has 1 rings (SSSR count). The highest BCUT2D eigenvalue weighted by Gasteiger charge is 2.37. The fraction of sp³-hybridized carbons (Fsp3) is 0.700. The second-order valence-corrected chi connectivity index (χ2v) is 3.60. The summed E-state index contributed by atoms with van der Waals surface area (Å²) in [5.74, 6) is -0.517. The first-order chi connectivity index (χ1) is 6.10. The third-order valence-corrected chi connectivity index (χ3v) is 2.48. The van der Waals surface area contributed by atoms with Crippen LogP contribution in [0.2, 0.25) is 0 Å². The SMILES string of the molecule is CCOC(=O)C(O)C1(C)C=CCC1. The molecular weight excluding hydrogens is 168 g/mol. The Morgan fingerprint density at radius 2 is 2.46 bits per heavy atom. The van der Waals surface area contributed by atoms with Gasteiger partial charge in [-0.2, -0.15) is 0 Å². The molecule has 0 aliphatic heterocycles. The van der Waals surface area contributed by atoms with Crippen LogP contribution in [0.3, 0.4) is 0 Å². The maximum Gasteiger partial charge on any atom is 0.335 e. The maximum atomic E-state index is 11.2. The molecule has 0 aromatic rings. The molecule has 0 fully saturated rings. The van der Waals surface area contributed by atoms with Crippen molar-refractivity contribution < 1.29 is 14.6 Å². The van der Waals surface area contributed by atoms with Gasteiger partial charge in [0.25, 0.3) is 0 Å². The average Bonchev–Trinajstić information content (AvgIpc) is 2.52. The van der Waals surface area contributed by atoms with Gasteiger partial charge in [0.15, 0.2) is 6.10 Å². The Hall–Kier alpha value is -0.830. The van der Waals surface area contributed by atoms with E-state index in [4.69, 9.17) is 4.74 Å². The van der Waals surface area contributed by atoms with E-state index >= 15 is 0 Å². The Bertz CT molecular complexity index is 222. The van der Waals surface area contributed by atoms with Crippen LogP contribution < -0.4 is 0 Å². The quantitative estimate of drug-likeness (QED) is 0.530. The number of carbonyl (C=O) groups excluding carboxylic acids is 1. The summed E-state index contributed by atoms with van der Waals surface area (Å²) in [5.41, 5.74) is -0.424. The second kappa shape index (κ2) is 3.92. The van der Waals surface area contributed by atoms with Crippen LogP contribution in [0.25, 0.3) is 0 Å². The number of esters is 1. The fourth-order valence-corrected chi connectivity index (χ4v) is 1.55. The van der Waals surface area contributed by atoms with Crippen LogP contribution in [0, 0.1) is 5.41 Å². The summed E-state index contributed by atoms with van der Waals surface area (Å²) in [6.45, 7) is 3.92. The van der Waals surface area contributed by atoms with Gasteiger partial charge in [-0.1, -0.05) is 19.1 Å². The van der Waals surface area contributed by atoms with Crippen molar-refractivity contribution in [1.29, 1.82) is 0 Å². The van der Waals surface area contributed by atoms with Gasteiger partial charge in [-0.05, 0) is 19.8 Å². The lowest BCUT2D eigenvalue weighted by molar-refractivity contribution is -0.158. The molecule has 0 saturated carbocycles. The molecule has 0 saturated heterocycles. The number of rotatable bonds is 3. The molecule has 74 valence electrons. The lowest BCUT2D eigenvalue weighted by Gasteiger charge is -2.26. The molecule has 0 radical (unpaired) electrons. The molecule has 1 aliphatic carbocycles. The Balaban J connectivity index is 2.60. The molecule has 13 heavy (non-hydrogen) atoms. The lowest BCUT2D eigenvalue weighted by atomic mass is 9.84. The van der Waals surface area contributed by atoms with E-state index in [2.05, 4.69) is 0 Å². The first-order valence-electron chi connectivity index (χ1n) is 4.62. The van der Waals surface area contributed by atoms with Gasteiger partial charge in [-0.25, -0.2) is 4.79 Å². The van der Waals surface area contributed by atoms with Gasteiger partial charge < -0.3 is 9.84 Å². The summed E-state index contributed by atoms with van der Waals surface area (Å²) in [6, 6.07) is 0. The number of aliphatic hydroxyl groups is 1. The van der Waals surface area contributed by atoms with Crippen LogP contribution in [0.4, 0.5) is 0 Å². The molecule has 2 atom stereocenters. The van der Waals surface area contributed by atoms with E-state index in [9.17, 15) is 9.90 Å². The Kier molecular flexibility index (Phi) is 3.09. The molecule has 0 bridgehead atoms. The number of hydrogen-bond donors (Lipinski definition) is 1. The zero-order valence-corrected chi connectivity index (χ0v) is 8.12. The van der Waals surface area contributed by atoms with Gasteiger partial charge in [-0.3, -0.25) is 0 Å². The molecule has 3 heteroatoms. The number of hydrogen-bond acceptors (Lipinski definition) is 3. The summed E-state index contributed by atoms with van der Waals surface area (Å²) < 4.78 is 4.76. The highest BCUT2D eigenvalue weighted by atomic mass is 16.5. The zero-order chi connectivity index (χ0) is 9.90. The van der Waals surface area contributed by atoms with Crippen molar-refractivity contribution in [3.8, 4) is 0 Å². The van der Waals surface area contributed by atoms with Gasteiger partial charge in [0, 0.05) is 5.41 Å². The number of allylic oxidation sites excluding steroid dienone is 1. The van der Waals surface area contributed by atoms with Crippen LogP contribution in [-0.4, -0.2) is 23.8 Å². The van der Waals surface area contributed by atoms with E-state index < -0.39 is 17.5 Å². The van der Waals surface area contributed by atoms with Crippen LogP contribution in [0.5, 0.6) is 0 Å². The van der Waals surface area contributed by atoms with Gasteiger partial charge in [0.1, 0.15) is 0 Å². The van der Waals surface area contributed by atoms with E-state index in [1.807, 2.05) is 19.1 Å². The predicted molar refractivity (Wildman–Crippen MR) is 49.1 cm³/mol. The zero-order valence-electron chi connectivity index (χ0n) is 8.12. The van der Waals surface area contributed by atoms with Gasteiger partial charge in [-0.15, -0.1) is 0 Å². The summed E-state index contributed by atoms with van der Waals surface area (Å²) in [6.07, 6.45) is 4.60. The minimum atomic E-state index is -1.02. The molecule has 2 unspecified atom stereocenters. The number of ether oxygens (including phenoxy) is 1. The first-order valence-corrected chi connectivity index (χ1v) is 4.62. The first kappa shape index (κ1) is 10.3. The standard InChI is InChI=1S/C10H16O3/c1-3-13-9(12)8(11)10(2)6-4-5-7-10/h4,6,8,11H,3,5,7H2,1-2H3. The molecular formula is C10H16O3. The normalized spacial score (nSPS) is 28.8. The topological polar surface area (TPSA) is 46.5 Å². The number of aliphatic hydroxyl groups excluding tert-OH is 1. The minimum absolute atomic E-state index is 0.315. The van der Waals surface area contributed by atoms with Crippen molar-refractivity contribution in [2.24, 2.45) is 5.41 Å². The average molecular weight is 184 g/mol. The van der Waals surface area contributed by atoms with E-state index in [0.29, 0.717) is 6.61 Å². The summed E-state index contributed by atoms with van der Waals surface area (Å²) >= 11 is 0. The lowest BCUT2D eigenvalue weighted by Crippen LogP contribution is -2.37. The molecule has 1 aliphatic rings.